The van der Waals surface area contributed by atoms with Gasteiger partial charge < -0.3 is 31.3 Å². The molecule has 10 nitrogen and oxygen atoms in total. The van der Waals surface area contributed by atoms with Crippen molar-refractivity contribution < 1.29 is 33.4 Å². The lowest BCUT2D eigenvalue weighted by Gasteiger charge is -2.13. The van der Waals surface area contributed by atoms with Crippen molar-refractivity contribution in [3.63, 3.8) is 0 Å². The van der Waals surface area contributed by atoms with Crippen LogP contribution in [0.3, 0.4) is 0 Å². The molecule has 11 heteroatoms. The van der Waals surface area contributed by atoms with E-state index >= 15 is 0 Å². The molecule has 0 atom stereocenters. The van der Waals surface area contributed by atoms with Crippen LogP contribution >= 0.6 is 0 Å². The number of anilines is 2. The molecule has 0 aliphatic heterocycles. The lowest BCUT2D eigenvalue weighted by molar-refractivity contribution is 0.0954. The van der Waals surface area contributed by atoms with E-state index in [1.54, 1.807) is 30.3 Å². The summed E-state index contributed by atoms with van der Waals surface area (Å²) in [5.41, 5.74) is 1.80. The summed E-state index contributed by atoms with van der Waals surface area (Å²) in [6.07, 6.45) is 0. The van der Waals surface area contributed by atoms with Crippen LogP contribution in [0.15, 0.2) is 54.6 Å². The Morgan fingerprint density at radius 3 is 2.28 bits per heavy atom. The van der Waals surface area contributed by atoms with Crippen molar-refractivity contribution in [2.24, 2.45) is 0 Å². The van der Waals surface area contributed by atoms with Gasteiger partial charge in [-0.25, -0.2) is 0 Å². The Bertz CT molecular complexity index is 1070. The van der Waals surface area contributed by atoms with Gasteiger partial charge in [-0.05, 0) is 18.2 Å². The van der Waals surface area contributed by atoms with Gasteiger partial charge in [-0.1, -0.05) is 30.3 Å². The second-order valence-electron chi connectivity index (χ2n) is 6.50. The SMILES string of the molecule is O=C(NCCNCCO)c1cccc(Nc2cc(O)c(O)c3ccccc23)c1.O=S(O)O. The second kappa shape index (κ2) is 12.6. The average molecular weight is 464 g/mol. The van der Waals surface area contributed by atoms with Gasteiger partial charge in [-0.3, -0.25) is 13.9 Å². The number of aromatic hydroxyl groups is 2. The highest BCUT2D eigenvalue weighted by Gasteiger charge is 2.11. The average Bonchev–Trinajstić information content (AvgIpc) is 2.77. The molecule has 0 aliphatic rings. The predicted molar refractivity (Wildman–Crippen MR) is 123 cm³/mol. The number of hydrogen-bond donors (Lipinski definition) is 8. The van der Waals surface area contributed by atoms with Crippen molar-refractivity contribution in [1.29, 1.82) is 0 Å². The number of phenols is 2. The molecule has 1 amide bonds. The van der Waals surface area contributed by atoms with E-state index in [4.69, 9.17) is 18.4 Å². The topological polar surface area (TPSA) is 171 Å². The van der Waals surface area contributed by atoms with Gasteiger partial charge in [0.05, 0.1) is 12.3 Å². The Kier molecular flexibility index (Phi) is 9.85. The fraction of sp³-hybridized carbons (Fsp3) is 0.190. The first-order valence-corrected chi connectivity index (χ1v) is 10.6. The van der Waals surface area contributed by atoms with Gasteiger partial charge in [0.15, 0.2) is 11.5 Å². The van der Waals surface area contributed by atoms with Crippen LogP contribution in [0.1, 0.15) is 10.4 Å². The zero-order chi connectivity index (χ0) is 23.5. The van der Waals surface area contributed by atoms with Crippen LogP contribution in [0.25, 0.3) is 10.8 Å². The van der Waals surface area contributed by atoms with Crippen molar-refractivity contribution in [1.82, 2.24) is 10.6 Å². The molecule has 32 heavy (non-hydrogen) atoms. The molecule has 0 radical (unpaired) electrons. The molecule has 3 aromatic carbocycles. The molecule has 0 heterocycles. The highest BCUT2D eigenvalue weighted by atomic mass is 32.2. The summed E-state index contributed by atoms with van der Waals surface area (Å²) in [6.45, 7) is 1.57. The summed E-state index contributed by atoms with van der Waals surface area (Å²) in [4.78, 5) is 12.3. The maximum absolute atomic E-state index is 12.3. The number of fused-ring (bicyclic) bond motifs is 1. The van der Waals surface area contributed by atoms with E-state index in [1.165, 1.54) is 6.07 Å². The van der Waals surface area contributed by atoms with Gasteiger partial charge in [0, 0.05) is 47.7 Å². The Balaban J connectivity index is 0.000000837. The number of carbonyl (C=O) groups excluding carboxylic acids is 1. The first-order valence-electron chi connectivity index (χ1n) is 9.54. The third kappa shape index (κ3) is 7.48. The summed E-state index contributed by atoms with van der Waals surface area (Å²) >= 11 is -2.61. The minimum absolute atomic E-state index is 0.0587. The van der Waals surface area contributed by atoms with Gasteiger partial charge in [-0.15, -0.1) is 0 Å². The van der Waals surface area contributed by atoms with Crippen molar-refractivity contribution >= 4 is 39.4 Å². The van der Waals surface area contributed by atoms with Crippen LogP contribution in [0, 0.1) is 0 Å². The molecule has 0 fully saturated rings. The molecular weight excluding hydrogens is 438 g/mol. The fourth-order valence-electron chi connectivity index (χ4n) is 2.91. The Labute approximate surface area is 187 Å². The van der Waals surface area contributed by atoms with E-state index < -0.39 is 11.4 Å². The van der Waals surface area contributed by atoms with Crippen LogP contribution in [0.2, 0.25) is 0 Å². The molecule has 0 aliphatic carbocycles. The highest BCUT2D eigenvalue weighted by molar-refractivity contribution is 7.73. The van der Waals surface area contributed by atoms with Crippen LogP contribution in [-0.2, 0) is 11.4 Å². The zero-order valence-electron chi connectivity index (χ0n) is 17.0. The highest BCUT2D eigenvalue weighted by Crippen LogP contribution is 2.39. The Morgan fingerprint density at radius 1 is 0.906 bits per heavy atom. The number of nitrogens with one attached hydrogen (secondary N) is 3. The lowest BCUT2D eigenvalue weighted by atomic mass is 10.1. The fourth-order valence-corrected chi connectivity index (χ4v) is 2.91. The summed E-state index contributed by atoms with van der Waals surface area (Å²) in [5.74, 6) is -0.581. The number of amides is 1. The quantitative estimate of drug-likeness (QED) is 0.108. The molecule has 3 aromatic rings. The number of hydrogen-bond acceptors (Lipinski definition) is 7. The largest absolute Gasteiger partial charge is 0.504 e. The summed E-state index contributed by atoms with van der Waals surface area (Å²) in [5, 5.41) is 39.1. The molecule has 8 N–H and O–H groups in total. The summed E-state index contributed by atoms with van der Waals surface area (Å²) in [7, 11) is 0. The van der Waals surface area contributed by atoms with Crippen LogP contribution in [0.5, 0.6) is 11.5 Å². The van der Waals surface area contributed by atoms with E-state index in [2.05, 4.69) is 16.0 Å². The molecule has 0 aromatic heterocycles. The number of rotatable bonds is 8. The zero-order valence-corrected chi connectivity index (χ0v) is 17.8. The molecule has 0 bridgehead atoms. The number of phenolic OH excluding ortho intramolecular Hbond substituents is 2. The van der Waals surface area contributed by atoms with E-state index in [1.807, 2.05) is 18.2 Å². The van der Waals surface area contributed by atoms with E-state index in [0.29, 0.717) is 42.0 Å². The van der Waals surface area contributed by atoms with E-state index in [0.717, 1.165) is 5.39 Å². The van der Waals surface area contributed by atoms with Crippen molar-refractivity contribution in [2.45, 2.75) is 0 Å². The van der Waals surface area contributed by atoms with Gasteiger partial charge >= 0.3 is 0 Å². The van der Waals surface area contributed by atoms with E-state index in [9.17, 15) is 15.0 Å². The maximum Gasteiger partial charge on any atom is 0.299 e. The Morgan fingerprint density at radius 2 is 1.59 bits per heavy atom. The van der Waals surface area contributed by atoms with Crippen LogP contribution in [0.4, 0.5) is 11.4 Å². The molecule has 0 unspecified atom stereocenters. The first kappa shape index (κ1) is 25.0. The van der Waals surface area contributed by atoms with Crippen LogP contribution in [-0.4, -0.2) is 60.8 Å². The lowest BCUT2D eigenvalue weighted by Crippen LogP contribution is -2.32. The molecule has 172 valence electrons. The van der Waals surface area contributed by atoms with Crippen molar-refractivity contribution in [3.8, 4) is 11.5 Å². The molecule has 0 spiro atoms. The standard InChI is InChI=1S/C21H23N3O4.H2O3S/c25-11-10-22-8-9-23-21(28)14-4-3-5-15(12-14)24-18-13-19(26)20(27)17-7-2-1-6-16(17)18;1-4(2)3/h1-7,12-13,22,24-27H,8-11H2,(H,23,28);(H2,1,2,3). The first-order chi connectivity index (χ1) is 15.3. The number of aliphatic hydroxyl groups is 1. The smallest absolute Gasteiger partial charge is 0.299 e. The minimum atomic E-state index is -2.61. The van der Waals surface area contributed by atoms with Gasteiger partial charge in [0.2, 0.25) is 0 Å². The second-order valence-corrected chi connectivity index (χ2v) is 6.96. The third-order valence-electron chi connectivity index (χ3n) is 4.28. The van der Waals surface area contributed by atoms with Crippen molar-refractivity contribution in [3.05, 3.63) is 60.2 Å². The summed E-state index contributed by atoms with van der Waals surface area (Å²) < 4.78 is 22.8. The Hall–Kier alpha value is -3.22. The number of benzene rings is 3. The molecule has 3 rings (SSSR count). The normalized spacial score (nSPS) is 10.5. The van der Waals surface area contributed by atoms with E-state index in [-0.39, 0.29) is 24.0 Å². The van der Waals surface area contributed by atoms with Crippen LogP contribution < -0.4 is 16.0 Å². The molecule has 0 saturated carbocycles. The van der Waals surface area contributed by atoms with Gasteiger partial charge in [0.25, 0.3) is 17.3 Å². The third-order valence-corrected chi connectivity index (χ3v) is 4.28. The predicted octanol–water partition coefficient (Wildman–Crippen LogP) is 1.99. The number of carbonyl (C=O) groups is 1. The minimum Gasteiger partial charge on any atom is -0.504 e. The maximum atomic E-state index is 12.3. The van der Waals surface area contributed by atoms with Gasteiger partial charge in [-0.2, -0.15) is 4.21 Å². The van der Waals surface area contributed by atoms with Gasteiger partial charge in [0.1, 0.15) is 0 Å². The molecule has 0 saturated heterocycles. The number of aliphatic hydroxyl groups excluding tert-OH is 1. The van der Waals surface area contributed by atoms with Crippen molar-refractivity contribution in [2.75, 3.05) is 31.6 Å². The summed E-state index contributed by atoms with van der Waals surface area (Å²) in [6, 6.07) is 15.7. The monoisotopic (exact) mass is 463 g/mol. The molecular formula is C21H25N3O7S.